The van der Waals surface area contributed by atoms with Crippen LogP contribution in [0.5, 0.6) is 6.01 Å². The maximum Gasteiger partial charge on any atom is 0.417 e. The predicted molar refractivity (Wildman–Crippen MR) is 163 cm³/mol. The summed E-state index contributed by atoms with van der Waals surface area (Å²) < 4.78 is 100. The molecule has 0 aliphatic carbocycles. The number of thiophene rings is 1. The Kier molecular flexibility index (Phi) is 8.88. The number of nitrogens with zero attached hydrogens (tertiary/aromatic N) is 4. The average Bonchev–Trinajstić information content (AvgIpc) is 3.66. The van der Waals surface area contributed by atoms with Crippen molar-refractivity contribution in [1.82, 2.24) is 14.9 Å². The molecule has 248 valence electrons. The number of fused-ring (bicyclic) bond motifs is 3. The van der Waals surface area contributed by atoms with Gasteiger partial charge < -0.3 is 9.47 Å². The number of alkyl halides is 4. The Hall–Kier alpha value is -3.87. The van der Waals surface area contributed by atoms with E-state index in [0.717, 1.165) is 25.0 Å². The number of hydrogen-bond donors (Lipinski definition) is 1. The molecule has 2 aromatic heterocycles. The quantitative estimate of drug-likeness (QED) is 0.112. The molecule has 2 aromatic carbocycles. The summed E-state index contributed by atoms with van der Waals surface area (Å²) in [6.07, 6.45) is -4.16. The van der Waals surface area contributed by atoms with Crippen LogP contribution < -0.4 is 10.1 Å². The van der Waals surface area contributed by atoms with E-state index in [4.69, 9.17) is 21.1 Å². The molecular weight excluding hydrogens is 672 g/mol. The van der Waals surface area contributed by atoms with Crippen molar-refractivity contribution in [2.75, 3.05) is 31.6 Å². The van der Waals surface area contributed by atoms with Gasteiger partial charge in [0.1, 0.15) is 40.3 Å². The van der Waals surface area contributed by atoms with Gasteiger partial charge in [-0.15, -0.1) is 11.3 Å². The van der Waals surface area contributed by atoms with E-state index < -0.39 is 74.4 Å². The second-order valence-electron chi connectivity index (χ2n) is 11.5. The summed E-state index contributed by atoms with van der Waals surface area (Å²) >= 11 is 6.86. The molecule has 16 heteroatoms. The van der Waals surface area contributed by atoms with Crippen LogP contribution in [0.15, 0.2) is 18.2 Å². The van der Waals surface area contributed by atoms with Crippen LogP contribution in [0.2, 0.25) is 5.15 Å². The molecule has 4 heterocycles. The molecule has 2 saturated heterocycles. The van der Waals surface area contributed by atoms with Crippen LogP contribution in [0.25, 0.3) is 32.1 Å². The first-order valence-corrected chi connectivity index (χ1v) is 15.9. The van der Waals surface area contributed by atoms with Gasteiger partial charge in [-0.1, -0.05) is 31.0 Å². The van der Waals surface area contributed by atoms with E-state index in [0.29, 0.717) is 36.8 Å². The van der Waals surface area contributed by atoms with E-state index in [9.17, 15) is 27.6 Å². The second-order valence-corrected chi connectivity index (χ2v) is 12.9. The zero-order valence-electron chi connectivity index (χ0n) is 24.7. The molecule has 0 bridgehead atoms. The summed E-state index contributed by atoms with van der Waals surface area (Å²) in [4.78, 5) is 22.3. The van der Waals surface area contributed by atoms with Gasteiger partial charge in [-0.25, -0.2) is 18.0 Å². The Labute approximate surface area is 273 Å². The average molecular weight is 698 g/mol. The van der Waals surface area contributed by atoms with Gasteiger partial charge >= 0.3 is 18.3 Å². The van der Waals surface area contributed by atoms with Gasteiger partial charge in [0.05, 0.1) is 28.0 Å². The van der Waals surface area contributed by atoms with Crippen LogP contribution in [-0.4, -0.2) is 59.0 Å². The van der Waals surface area contributed by atoms with Crippen molar-refractivity contribution in [1.29, 1.82) is 5.26 Å². The molecular formula is C31H26ClF6N5O3S. The standard InChI is InChI=1S/C31H26ClF6N5O3S/c1-2-3-9-45-29(44)42-27-18(12-39)21-16(5-6-20(34)25(21)47-27)22-19(31(36,37)38)10-17-24(23(22)35)40-28(41-26(17)32)46-14-30-7-4-8-43(30)13-15(33)11-30/h5-6,10,15H,2-4,7-9,11,13-14H2,1H3,(H,42,44)/t15-,30+/m1/s1. The molecule has 2 aliphatic heterocycles. The number of anilines is 1. The molecule has 2 fully saturated rings. The first kappa shape index (κ1) is 33.0. The maximum atomic E-state index is 16.5. The number of rotatable bonds is 8. The van der Waals surface area contributed by atoms with Gasteiger partial charge in [-0.05, 0) is 43.5 Å². The summed E-state index contributed by atoms with van der Waals surface area (Å²) in [6, 6.07) is 3.74. The summed E-state index contributed by atoms with van der Waals surface area (Å²) in [6.45, 7) is 2.83. The second kappa shape index (κ2) is 12.6. The van der Waals surface area contributed by atoms with E-state index in [2.05, 4.69) is 15.3 Å². The number of nitriles is 1. The van der Waals surface area contributed by atoms with E-state index in [-0.39, 0.29) is 46.8 Å². The van der Waals surface area contributed by atoms with Crippen molar-refractivity contribution in [2.45, 2.75) is 56.9 Å². The monoisotopic (exact) mass is 697 g/mol. The molecule has 1 N–H and O–H groups in total. The lowest BCUT2D eigenvalue weighted by molar-refractivity contribution is -0.137. The molecule has 0 radical (unpaired) electrons. The third-order valence-corrected chi connectivity index (χ3v) is 9.92. The van der Waals surface area contributed by atoms with Crippen molar-refractivity contribution in [3.63, 3.8) is 0 Å². The molecule has 8 nitrogen and oxygen atoms in total. The van der Waals surface area contributed by atoms with Crippen LogP contribution >= 0.6 is 22.9 Å². The minimum Gasteiger partial charge on any atom is -0.461 e. The van der Waals surface area contributed by atoms with Crippen LogP contribution in [0.1, 0.15) is 50.2 Å². The molecule has 1 amide bonds. The topological polar surface area (TPSA) is 100 Å². The van der Waals surface area contributed by atoms with Crippen molar-refractivity contribution in [3.05, 3.63) is 46.1 Å². The highest BCUT2D eigenvalue weighted by atomic mass is 35.5. The fraction of sp³-hybridized carbons (Fsp3) is 0.419. The molecule has 0 unspecified atom stereocenters. The first-order valence-electron chi connectivity index (χ1n) is 14.7. The Balaban J connectivity index is 1.48. The van der Waals surface area contributed by atoms with E-state index in [1.807, 2.05) is 11.8 Å². The number of hydrogen-bond acceptors (Lipinski definition) is 8. The smallest absolute Gasteiger partial charge is 0.417 e. The zero-order valence-corrected chi connectivity index (χ0v) is 26.3. The predicted octanol–water partition coefficient (Wildman–Crippen LogP) is 8.64. The van der Waals surface area contributed by atoms with Crippen LogP contribution in [0.4, 0.5) is 36.1 Å². The highest BCUT2D eigenvalue weighted by Gasteiger charge is 2.49. The maximum absolute atomic E-state index is 16.5. The summed E-state index contributed by atoms with van der Waals surface area (Å²) in [5, 5.41) is 10.9. The minimum absolute atomic E-state index is 0.0416. The number of unbranched alkanes of at least 4 members (excludes halogenated alkanes) is 1. The molecule has 0 saturated carbocycles. The third-order valence-electron chi connectivity index (χ3n) is 8.52. The van der Waals surface area contributed by atoms with Gasteiger partial charge in [0.25, 0.3) is 0 Å². The van der Waals surface area contributed by atoms with E-state index in [1.54, 1.807) is 6.07 Å². The summed E-state index contributed by atoms with van der Waals surface area (Å²) in [5.41, 5.74) is -4.56. The first-order chi connectivity index (χ1) is 22.4. The lowest BCUT2D eigenvalue weighted by Crippen LogP contribution is -2.43. The number of carbonyl (C=O) groups excluding carboxylic acids is 1. The zero-order chi connectivity index (χ0) is 33.7. The molecule has 6 rings (SSSR count). The van der Waals surface area contributed by atoms with Crippen molar-refractivity contribution < 1.29 is 40.6 Å². The summed E-state index contributed by atoms with van der Waals surface area (Å²) in [7, 11) is 0. The fourth-order valence-corrected chi connectivity index (χ4v) is 7.67. The van der Waals surface area contributed by atoms with Gasteiger partial charge in [-0.2, -0.15) is 28.4 Å². The van der Waals surface area contributed by atoms with E-state index >= 15 is 8.78 Å². The highest BCUT2D eigenvalue weighted by Crippen LogP contribution is 2.48. The number of halogens is 7. The van der Waals surface area contributed by atoms with Gasteiger partial charge in [0, 0.05) is 29.3 Å². The van der Waals surface area contributed by atoms with Crippen LogP contribution in [0, 0.1) is 23.0 Å². The van der Waals surface area contributed by atoms with Crippen LogP contribution in [0.3, 0.4) is 0 Å². The van der Waals surface area contributed by atoms with Crippen molar-refractivity contribution >= 4 is 55.0 Å². The number of amides is 1. The van der Waals surface area contributed by atoms with Gasteiger partial charge in [0.15, 0.2) is 5.82 Å². The molecule has 0 spiro atoms. The molecule has 2 aliphatic rings. The number of benzene rings is 2. The number of aromatic nitrogens is 2. The number of carbonyl (C=O) groups is 1. The number of nitrogens with one attached hydrogen (secondary N) is 1. The molecule has 47 heavy (non-hydrogen) atoms. The minimum atomic E-state index is -5.15. The van der Waals surface area contributed by atoms with Crippen LogP contribution in [-0.2, 0) is 10.9 Å². The largest absolute Gasteiger partial charge is 0.461 e. The fourth-order valence-electron chi connectivity index (χ4n) is 6.38. The Morgan fingerprint density at radius 1 is 1.30 bits per heavy atom. The molecule has 4 aromatic rings. The SMILES string of the molecule is CCCCOC(=O)Nc1sc2c(F)ccc(-c3c(C(F)(F)F)cc4c(Cl)nc(OC[C@@]56CCCN5C[C@H](F)C6)nc4c3F)c2c1C#N. The van der Waals surface area contributed by atoms with Crippen molar-refractivity contribution in [3.8, 4) is 23.2 Å². The van der Waals surface area contributed by atoms with E-state index in [1.165, 1.54) is 0 Å². The Morgan fingerprint density at radius 3 is 2.81 bits per heavy atom. The molecule has 2 atom stereocenters. The Morgan fingerprint density at radius 2 is 2.09 bits per heavy atom. The van der Waals surface area contributed by atoms with Crippen molar-refractivity contribution in [2.24, 2.45) is 0 Å². The Bertz CT molecular complexity index is 1930. The van der Waals surface area contributed by atoms with Gasteiger partial charge in [0.2, 0.25) is 0 Å². The highest BCUT2D eigenvalue weighted by molar-refractivity contribution is 7.23. The number of ether oxygens (including phenoxy) is 2. The normalized spacial score (nSPS) is 19.7. The lowest BCUT2D eigenvalue weighted by Gasteiger charge is -2.30. The summed E-state index contributed by atoms with van der Waals surface area (Å²) in [5.74, 6) is -2.37. The third kappa shape index (κ3) is 6.02. The van der Waals surface area contributed by atoms with Gasteiger partial charge in [-0.3, -0.25) is 10.2 Å². The lowest BCUT2D eigenvalue weighted by atomic mass is 9.92.